The number of rotatable bonds is 32. The molecule has 0 aliphatic carbocycles. The normalized spacial score (nSPS) is 14.8. The highest BCUT2D eigenvalue weighted by molar-refractivity contribution is 6.02. The van der Waals surface area contributed by atoms with Gasteiger partial charge in [-0.15, -0.1) is 10.1 Å². The maximum Gasteiger partial charge on any atom is 0.335 e. The Morgan fingerprint density at radius 2 is 0.531 bits per heavy atom. The van der Waals surface area contributed by atoms with Crippen molar-refractivity contribution in [2.45, 2.75) is 38.5 Å². The third-order valence-electron chi connectivity index (χ3n) is 6.27. The van der Waals surface area contributed by atoms with Gasteiger partial charge >= 0.3 is 11.9 Å². The van der Waals surface area contributed by atoms with Gasteiger partial charge in [-0.2, -0.15) is 0 Å². The highest BCUT2D eigenvalue weighted by Gasteiger charge is 2.33. The molecule has 0 aromatic heterocycles. The fourth-order valence-electron chi connectivity index (χ4n) is 3.78. The van der Waals surface area contributed by atoms with Crippen LogP contribution in [0.3, 0.4) is 0 Å². The molecule has 0 aromatic carbocycles. The fraction of sp³-hybridized carbons (Fsp3) is 0.800. The van der Waals surface area contributed by atoms with Crippen molar-refractivity contribution in [3.63, 3.8) is 0 Å². The molecule has 2 fully saturated rings. The summed E-state index contributed by atoms with van der Waals surface area (Å²) in [6.07, 6.45) is 0.0297. The molecule has 2 rings (SSSR count). The minimum absolute atomic E-state index is 0.0502. The van der Waals surface area contributed by atoms with Gasteiger partial charge in [0.05, 0.1) is 132 Å². The van der Waals surface area contributed by atoms with Crippen molar-refractivity contribution in [3.05, 3.63) is 0 Å². The van der Waals surface area contributed by atoms with Crippen molar-refractivity contribution < 1.29 is 81.1 Å². The molecule has 2 aliphatic rings. The van der Waals surface area contributed by atoms with E-state index in [9.17, 15) is 28.8 Å². The zero-order chi connectivity index (χ0) is 35.4. The van der Waals surface area contributed by atoms with Gasteiger partial charge in [-0.05, 0) is 0 Å². The van der Waals surface area contributed by atoms with Crippen molar-refractivity contribution in [1.29, 1.82) is 0 Å². The van der Waals surface area contributed by atoms with Gasteiger partial charge in [0.1, 0.15) is 0 Å². The first kappa shape index (κ1) is 42.0. The van der Waals surface area contributed by atoms with Gasteiger partial charge in [-0.1, -0.05) is 0 Å². The van der Waals surface area contributed by atoms with Crippen molar-refractivity contribution in [3.8, 4) is 0 Å². The highest BCUT2D eigenvalue weighted by atomic mass is 16.7. The Bertz CT molecular complexity index is 890. The topological polar surface area (TPSA) is 210 Å². The number of carbonyl (C=O) groups is 6. The summed E-state index contributed by atoms with van der Waals surface area (Å²) in [5, 5.41) is 1.02. The Hall–Kier alpha value is -3.14. The van der Waals surface area contributed by atoms with Gasteiger partial charge in [0, 0.05) is 25.7 Å². The first-order valence-electron chi connectivity index (χ1n) is 16.2. The minimum Gasteiger partial charge on any atom is -0.378 e. The van der Waals surface area contributed by atoms with Crippen LogP contribution in [0, 0.1) is 0 Å². The molecule has 0 radical (unpaired) electrons. The maximum atomic E-state index is 11.6. The van der Waals surface area contributed by atoms with Gasteiger partial charge < -0.3 is 52.3 Å². The molecule has 0 atom stereocenters. The van der Waals surface area contributed by atoms with Crippen LogP contribution in [0.2, 0.25) is 0 Å². The van der Waals surface area contributed by atoms with Gasteiger partial charge in [-0.3, -0.25) is 19.2 Å². The molecule has 0 unspecified atom stereocenters. The van der Waals surface area contributed by atoms with Gasteiger partial charge in [-0.25, -0.2) is 9.59 Å². The predicted octanol–water partition coefficient (Wildman–Crippen LogP) is -0.870. The molecule has 0 bridgehead atoms. The number of carbonyl (C=O) groups excluding carboxylic acids is 6. The monoisotopic (exact) mass is 708 g/mol. The summed E-state index contributed by atoms with van der Waals surface area (Å²) in [6.45, 7) is 6.29. The van der Waals surface area contributed by atoms with Crippen LogP contribution < -0.4 is 0 Å². The van der Waals surface area contributed by atoms with Gasteiger partial charge in [0.25, 0.3) is 23.6 Å². The van der Waals surface area contributed by atoms with E-state index in [0.29, 0.717) is 103 Å². The quantitative estimate of drug-likeness (QED) is 0.0614. The van der Waals surface area contributed by atoms with Crippen molar-refractivity contribution in [1.82, 2.24) is 10.1 Å². The lowest BCUT2D eigenvalue weighted by Gasteiger charge is -2.12. The summed E-state index contributed by atoms with van der Waals surface area (Å²) >= 11 is 0. The Morgan fingerprint density at radius 1 is 0.347 bits per heavy atom. The summed E-state index contributed by atoms with van der Waals surface area (Å²) in [4.78, 5) is 78.3. The first-order valence-corrected chi connectivity index (χ1v) is 16.2. The molecular weight excluding hydrogens is 660 g/mol. The molecule has 19 heteroatoms. The fourth-order valence-corrected chi connectivity index (χ4v) is 3.78. The van der Waals surface area contributed by atoms with Crippen LogP contribution in [0.5, 0.6) is 0 Å². The van der Waals surface area contributed by atoms with E-state index in [0.717, 1.165) is 0 Å². The van der Waals surface area contributed by atoms with Crippen molar-refractivity contribution in [2.75, 3.05) is 119 Å². The van der Waals surface area contributed by atoms with Crippen LogP contribution in [0.1, 0.15) is 38.5 Å². The van der Waals surface area contributed by atoms with E-state index in [1.165, 1.54) is 0 Å². The lowest BCUT2D eigenvalue weighted by atomic mass is 10.4. The molecule has 2 heterocycles. The molecule has 2 aliphatic heterocycles. The molecule has 0 aromatic rings. The van der Waals surface area contributed by atoms with E-state index in [-0.39, 0.29) is 65.0 Å². The molecule has 4 amide bonds. The average Bonchev–Trinajstić information content (AvgIpc) is 3.57. The van der Waals surface area contributed by atoms with E-state index in [1.807, 2.05) is 0 Å². The second-order valence-electron chi connectivity index (χ2n) is 10.1. The summed E-state index contributed by atoms with van der Waals surface area (Å²) in [6, 6.07) is 0. The smallest absolute Gasteiger partial charge is 0.335 e. The number of amides is 4. The lowest BCUT2D eigenvalue weighted by Crippen LogP contribution is -2.32. The molecule has 49 heavy (non-hydrogen) atoms. The molecule has 280 valence electrons. The third kappa shape index (κ3) is 20.9. The average molecular weight is 709 g/mol. The standard InChI is InChI=1S/C30H48N2O17/c33-25-1-2-26(34)31(25)48-29(37)5-7-39-9-11-41-13-15-43-17-19-45-21-23-47-24-22-46-20-18-44-16-14-42-12-10-40-8-6-30(38)49-32-27(35)3-4-28(32)36/h1-24H2. The molecule has 0 saturated carbocycles. The van der Waals surface area contributed by atoms with E-state index in [1.54, 1.807) is 0 Å². The zero-order valence-corrected chi connectivity index (χ0v) is 27.8. The molecule has 0 N–H and O–H groups in total. The largest absolute Gasteiger partial charge is 0.378 e. The minimum atomic E-state index is -0.710. The van der Waals surface area contributed by atoms with Crippen molar-refractivity contribution >= 4 is 35.6 Å². The summed E-state index contributed by atoms with van der Waals surface area (Å²) in [5.74, 6) is -3.50. The SMILES string of the molecule is O=C(CCOCCOCCOCCOCCOCCOCCOCCOCCOCCC(=O)ON1C(=O)CCC1=O)ON1C(=O)CCC1=O. The summed E-state index contributed by atoms with van der Waals surface area (Å²) < 4.78 is 48.4. The zero-order valence-electron chi connectivity index (χ0n) is 27.8. The van der Waals surface area contributed by atoms with E-state index in [4.69, 9.17) is 52.3 Å². The third-order valence-corrected chi connectivity index (χ3v) is 6.27. The highest BCUT2D eigenvalue weighted by Crippen LogP contribution is 2.13. The maximum absolute atomic E-state index is 11.6. The van der Waals surface area contributed by atoms with E-state index >= 15 is 0 Å². The second-order valence-corrected chi connectivity index (χ2v) is 10.1. The van der Waals surface area contributed by atoms with Crippen LogP contribution in [0.15, 0.2) is 0 Å². The van der Waals surface area contributed by atoms with E-state index < -0.39 is 35.6 Å². The number of ether oxygens (including phenoxy) is 9. The van der Waals surface area contributed by atoms with Crippen LogP contribution in [-0.2, 0) is 81.1 Å². The predicted molar refractivity (Wildman–Crippen MR) is 161 cm³/mol. The Balaban J connectivity index is 1.18. The van der Waals surface area contributed by atoms with Crippen molar-refractivity contribution in [2.24, 2.45) is 0 Å². The molecule has 2 saturated heterocycles. The Morgan fingerprint density at radius 3 is 0.735 bits per heavy atom. The first-order chi connectivity index (χ1) is 23.9. The Kier molecular flexibility index (Phi) is 23.7. The second kappa shape index (κ2) is 27.7. The van der Waals surface area contributed by atoms with Crippen LogP contribution in [-0.4, -0.2) is 165 Å². The molecule has 0 spiro atoms. The summed E-state index contributed by atoms with van der Waals surface area (Å²) in [5.41, 5.74) is 0. The van der Waals surface area contributed by atoms with Crippen LogP contribution in [0.25, 0.3) is 0 Å². The number of nitrogens with zero attached hydrogens (tertiary/aromatic N) is 2. The molecule has 19 nitrogen and oxygen atoms in total. The summed E-state index contributed by atoms with van der Waals surface area (Å²) in [7, 11) is 0. The van der Waals surface area contributed by atoms with Gasteiger partial charge in [0.2, 0.25) is 0 Å². The Labute approximate surface area is 284 Å². The number of hydroxylamine groups is 4. The number of hydrogen-bond acceptors (Lipinski definition) is 17. The molecular formula is C30H48N2O17. The van der Waals surface area contributed by atoms with Crippen LogP contribution >= 0.6 is 0 Å². The lowest BCUT2D eigenvalue weighted by molar-refractivity contribution is -0.198. The number of imide groups is 2. The number of hydrogen-bond donors (Lipinski definition) is 0. The van der Waals surface area contributed by atoms with Gasteiger partial charge in [0.15, 0.2) is 0 Å². The van der Waals surface area contributed by atoms with Crippen LogP contribution in [0.4, 0.5) is 0 Å². The van der Waals surface area contributed by atoms with E-state index in [2.05, 4.69) is 0 Å².